The first kappa shape index (κ1) is 16.1. The SMILES string of the molecule is O=C(c1ncccn1)N1CC2(C1)OCC[C@H]2COCc1ccccn1. The van der Waals surface area contributed by atoms with Crippen molar-refractivity contribution in [2.45, 2.75) is 18.6 Å². The van der Waals surface area contributed by atoms with Gasteiger partial charge in [0.1, 0.15) is 5.60 Å². The molecule has 0 bridgehead atoms. The first-order valence-corrected chi connectivity index (χ1v) is 8.45. The van der Waals surface area contributed by atoms with Gasteiger partial charge in [0.2, 0.25) is 5.82 Å². The van der Waals surface area contributed by atoms with E-state index in [4.69, 9.17) is 9.47 Å². The lowest BCUT2D eigenvalue weighted by Gasteiger charge is -2.49. The molecule has 0 unspecified atom stereocenters. The molecule has 1 spiro atoms. The molecule has 0 aliphatic carbocycles. The van der Waals surface area contributed by atoms with Gasteiger partial charge in [0, 0.05) is 31.1 Å². The Morgan fingerprint density at radius 3 is 2.76 bits per heavy atom. The minimum atomic E-state index is -0.283. The van der Waals surface area contributed by atoms with Crippen molar-refractivity contribution in [3.8, 4) is 0 Å². The van der Waals surface area contributed by atoms with E-state index in [2.05, 4.69) is 15.0 Å². The molecule has 4 heterocycles. The van der Waals surface area contributed by atoms with Crippen molar-refractivity contribution < 1.29 is 14.3 Å². The predicted octanol–water partition coefficient (Wildman–Crippen LogP) is 1.32. The van der Waals surface area contributed by atoms with Crippen LogP contribution < -0.4 is 0 Å². The second-order valence-electron chi connectivity index (χ2n) is 6.47. The summed E-state index contributed by atoms with van der Waals surface area (Å²) < 4.78 is 11.8. The van der Waals surface area contributed by atoms with Gasteiger partial charge in [-0.1, -0.05) is 6.07 Å². The van der Waals surface area contributed by atoms with Gasteiger partial charge in [-0.15, -0.1) is 0 Å². The third-order valence-corrected chi connectivity index (χ3v) is 4.86. The van der Waals surface area contributed by atoms with E-state index < -0.39 is 0 Å². The predicted molar refractivity (Wildman–Crippen MR) is 88.6 cm³/mol. The monoisotopic (exact) mass is 340 g/mol. The van der Waals surface area contributed by atoms with Crippen LogP contribution in [0.1, 0.15) is 22.7 Å². The smallest absolute Gasteiger partial charge is 0.291 e. The van der Waals surface area contributed by atoms with Gasteiger partial charge < -0.3 is 14.4 Å². The second kappa shape index (κ2) is 6.85. The van der Waals surface area contributed by atoms with Crippen LogP contribution in [0.25, 0.3) is 0 Å². The molecule has 0 radical (unpaired) electrons. The number of rotatable bonds is 5. The summed E-state index contributed by atoms with van der Waals surface area (Å²) >= 11 is 0. The van der Waals surface area contributed by atoms with Crippen molar-refractivity contribution in [1.29, 1.82) is 0 Å². The number of hydrogen-bond donors (Lipinski definition) is 0. The van der Waals surface area contributed by atoms with Crippen LogP contribution in [-0.2, 0) is 16.1 Å². The maximum Gasteiger partial charge on any atom is 0.291 e. The van der Waals surface area contributed by atoms with E-state index in [9.17, 15) is 4.79 Å². The first-order valence-electron chi connectivity index (χ1n) is 8.45. The van der Waals surface area contributed by atoms with Gasteiger partial charge in [0.05, 0.1) is 32.0 Å². The number of carbonyl (C=O) groups is 1. The number of amides is 1. The summed E-state index contributed by atoms with van der Waals surface area (Å²) in [6.45, 7) is 2.96. The quantitative estimate of drug-likeness (QED) is 0.817. The summed E-state index contributed by atoms with van der Waals surface area (Å²) in [5, 5.41) is 0. The average molecular weight is 340 g/mol. The molecular formula is C18H20N4O3. The molecule has 2 aromatic heterocycles. The maximum atomic E-state index is 12.4. The topological polar surface area (TPSA) is 77.4 Å². The Balaban J connectivity index is 1.31. The number of aromatic nitrogens is 3. The lowest BCUT2D eigenvalue weighted by molar-refractivity contribution is -0.129. The molecule has 0 saturated carbocycles. The lowest BCUT2D eigenvalue weighted by atomic mass is 9.81. The van der Waals surface area contributed by atoms with Crippen LogP contribution in [0.4, 0.5) is 0 Å². The van der Waals surface area contributed by atoms with Gasteiger partial charge >= 0.3 is 0 Å². The minimum Gasteiger partial charge on any atom is -0.375 e. The lowest BCUT2D eigenvalue weighted by Crippen LogP contribution is -2.66. The summed E-state index contributed by atoms with van der Waals surface area (Å²) in [4.78, 5) is 26.4. The zero-order valence-electron chi connectivity index (χ0n) is 13.9. The largest absolute Gasteiger partial charge is 0.375 e. The van der Waals surface area contributed by atoms with E-state index >= 15 is 0 Å². The normalized spacial score (nSPS) is 21.3. The number of hydrogen-bond acceptors (Lipinski definition) is 6. The molecule has 130 valence electrons. The summed E-state index contributed by atoms with van der Waals surface area (Å²) in [6, 6.07) is 7.49. The van der Waals surface area contributed by atoms with Crippen molar-refractivity contribution in [1.82, 2.24) is 19.9 Å². The fraction of sp³-hybridized carbons (Fsp3) is 0.444. The highest BCUT2D eigenvalue weighted by molar-refractivity contribution is 5.91. The molecule has 1 atom stereocenters. The minimum absolute atomic E-state index is 0.144. The molecule has 25 heavy (non-hydrogen) atoms. The number of pyridine rings is 1. The van der Waals surface area contributed by atoms with E-state index in [1.54, 1.807) is 29.6 Å². The summed E-state index contributed by atoms with van der Waals surface area (Å²) in [5.41, 5.74) is 0.635. The Morgan fingerprint density at radius 1 is 1.20 bits per heavy atom. The Hall–Kier alpha value is -2.38. The number of carbonyl (C=O) groups excluding carboxylic acids is 1. The van der Waals surface area contributed by atoms with Crippen molar-refractivity contribution in [2.75, 3.05) is 26.3 Å². The van der Waals surface area contributed by atoms with Crippen molar-refractivity contribution in [3.05, 3.63) is 54.4 Å². The van der Waals surface area contributed by atoms with Gasteiger partial charge in [-0.05, 0) is 24.6 Å². The molecule has 2 fully saturated rings. The van der Waals surface area contributed by atoms with Crippen LogP contribution in [0, 0.1) is 5.92 Å². The number of nitrogens with zero attached hydrogens (tertiary/aromatic N) is 4. The van der Waals surface area contributed by atoms with Crippen LogP contribution in [0.15, 0.2) is 42.9 Å². The first-order chi connectivity index (χ1) is 12.3. The molecular weight excluding hydrogens is 320 g/mol. The van der Waals surface area contributed by atoms with Gasteiger partial charge in [-0.3, -0.25) is 9.78 Å². The Kier molecular flexibility index (Phi) is 4.42. The van der Waals surface area contributed by atoms with Crippen LogP contribution in [0.2, 0.25) is 0 Å². The molecule has 7 nitrogen and oxygen atoms in total. The van der Waals surface area contributed by atoms with E-state index in [0.29, 0.717) is 32.9 Å². The highest BCUT2D eigenvalue weighted by Gasteiger charge is 2.54. The van der Waals surface area contributed by atoms with Crippen LogP contribution >= 0.6 is 0 Å². The molecule has 2 aromatic rings. The van der Waals surface area contributed by atoms with Gasteiger partial charge in [0.25, 0.3) is 5.91 Å². The van der Waals surface area contributed by atoms with Crippen molar-refractivity contribution in [3.63, 3.8) is 0 Å². The van der Waals surface area contributed by atoms with Gasteiger partial charge in [-0.2, -0.15) is 0 Å². The Bertz CT molecular complexity index is 720. The van der Waals surface area contributed by atoms with Crippen LogP contribution in [0.3, 0.4) is 0 Å². The standard InChI is InChI=1S/C18H20N4O3/c23-17(16-20-7-3-8-21-16)22-12-18(13-22)14(5-9-25-18)10-24-11-15-4-1-2-6-19-15/h1-4,6-8,14H,5,9-13H2/t14-/m0/s1. The zero-order chi connectivity index (χ0) is 17.1. The van der Waals surface area contributed by atoms with Crippen molar-refractivity contribution >= 4 is 5.91 Å². The third-order valence-electron chi connectivity index (χ3n) is 4.86. The van der Waals surface area contributed by atoms with Gasteiger partial charge in [-0.25, -0.2) is 9.97 Å². The average Bonchev–Trinajstić information content (AvgIpc) is 3.05. The van der Waals surface area contributed by atoms with E-state index in [0.717, 1.165) is 12.1 Å². The molecule has 2 aliphatic rings. The molecule has 7 heteroatoms. The summed E-state index contributed by atoms with van der Waals surface area (Å²) in [6.07, 6.45) is 5.87. The van der Waals surface area contributed by atoms with E-state index in [1.165, 1.54) is 0 Å². The molecule has 1 amide bonds. The fourth-order valence-corrected chi connectivity index (χ4v) is 3.45. The molecule has 2 saturated heterocycles. The van der Waals surface area contributed by atoms with E-state index in [-0.39, 0.29) is 23.3 Å². The second-order valence-corrected chi connectivity index (χ2v) is 6.47. The zero-order valence-corrected chi connectivity index (χ0v) is 13.9. The molecule has 0 aromatic carbocycles. The van der Waals surface area contributed by atoms with Gasteiger partial charge in [0.15, 0.2) is 0 Å². The summed E-state index contributed by atoms with van der Waals surface area (Å²) in [7, 11) is 0. The highest BCUT2D eigenvalue weighted by atomic mass is 16.5. The molecule has 0 N–H and O–H groups in total. The molecule has 4 rings (SSSR count). The Labute approximate surface area is 146 Å². The third kappa shape index (κ3) is 3.25. The Morgan fingerprint density at radius 2 is 2.00 bits per heavy atom. The fourth-order valence-electron chi connectivity index (χ4n) is 3.45. The van der Waals surface area contributed by atoms with Crippen LogP contribution in [0.5, 0.6) is 0 Å². The molecule has 2 aliphatic heterocycles. The summed E-state index contributed by atoms with van der Waals surface area (Å²) in [5.74, 6) is 0.380. The van der Waals surface area contributed by atoms with Crippen molar-refractivity contribution in [2.24, 2.45) is 5.92 Å². The van der Waals surface area contributed by atoms with Crippen LogP contribution in [-0.4, -0.2) is 57.7 Å². The number of ether oxygens (including phenoxy) is 2. The maximum absolute atomic E-state index is 12.4. The van der Waals surface area contributed by atoms with E-state index in [1.807, 2.05) is 18.2 Å². The number of likely N-dealkylation sites (tertiary alicyclic amines) is 1. The highest BCUT2D eigenvalue weighted by Crippen LogP contribution is 2.40.